The van der Waals surface area contributed by atoms with Crippen LogP contribution in [-0.4, -0.2) is 36.3 Å². The second-order valence-electron chi connectivity index (χ2n) is 8.84. The number of hydrogen-bond donors (Lipinski definition) is 1. The molecule has 2 aliphatic rings. The van der Waals surface area contributed by atoms with Crippen molar-refractivity contribution in [3.05, 3.63) is 89.4 Å². The van der Waals surface area contributed by atoms with Gasteiger partial charge >= 0.3 is 5.97 Å². The smallest absolute Gasteiger partial charge is 0.356 e. The lowest BCUT2D eigenvalue weighted by molar-refractivity contribution is 0.0594. The minimum atomic E-state index is -0.451. The van der Waals surface area contributed by atoms with Gasteiger partial charge in [0.25, 0.3) is 0 Å². The summed E-state index contributed by atoms with van der Waals surface area (Å²) >= 11 is 0. The van der Waals surface area contributed by atoms with Gasteiger partial charge in [-0.1, -0.05) is 24.3 Å². The lowest BCUT2D eigenvalue weighted by Gasteiger charge is -2.18. The molecule has 6 rings (SSSR count). The number of fused-ring (bicyclic) bond motifs is 2. The van der Waals surface area contributed by atoms with Crippen molar-refractivity contribution in [2.24, 2.45) is 0 Å². The molecule has 0 radical (unpaired) electrons. The third-order valence-electron chi connectivity index (χ3n) is 6.80. The maximum absolute atomic E-state index is 11.7. The normalized spacial score (nSPS) is 15.1. The maximum Gasteiger partial charge on any atom is 0.356 e. The number of pyridine rings is 2. The average Bonchev–Trinajstić information content (AvgIpc) is 3.41. The molecule has 2 aliphatic heterocycles. The number of esters is 1. The molecule has 0 bridgehead atoms. The summed E-state index contributed by atoms with van der Waals surface area (Å²) in [6.45, 7) is 3.21. The van der Waals surface area contributed by atoms with Crippen molar-refractivity contribution in [2.45, 2.75) is 19.5 Å². The molecule has 6 heteroatoms. The molecule has 0 fully saturated rings. The van der Waals surface area contributed by atoms with Crippen LogP contribution < -0.4 is 5.32 Å². The summed E-state index contributed by atoms with van der Waals surface area (Å²) in [5.74, 6) is -0.451. The fraction of sp³-hybridized carbons (Fsp3) is 0.207. The van der Waals surface area contributed by atoms with Gasteiger partial charge in [0.15, 0.2) is 0 Å². The second-order valence-corrected chi connectivity index (χ2v) is 8.84. The van der Waals surface area contributed by atoms with E-state index in [0.717, 1.165) is 48.1 Å². The van der Waals surface area contributed by atoms with E-state index < -0.39 is 5.97 Å². The Morgan fingerprint density at radius 3 is 2.74 bits per heavy atom. The summed E-state index contributed by atoms with van der Waals surface area (Å²) in [7, 11) is 1.35. The molecule has 6 nitrogen and oxygen atoms in total. The summed E-state index contributed by atoms with van der Waals surface area (Å²) in [6, 6.07) is 16.7. The van der Waals surface area contributed by atoms with Crippen LogP contribution in [-0.2, 0) is 22.6 Å². The number of nitrogens with one attached hydrogen (secondary N) is 1. The first-order valence-corrected chi connectivity index (χ1v) is 11.8. The van der Waals surface area contributed by atoms with E-state index in [9.17, 15) is 4.79 Å². The van der Waals surface area contributed by atoms with Crippen molar-refractivity contribution >= 4 is 22.3 Å². The molecule has 4 aromatic rings. The molecule has 4 heterocycles. The van der Waals surface area contributed by atoms with Gasteiger partial charge in [0, 0.05) is 36.4 Å². The fourth-order valence-electron chi connectivity index (χ4n) is 4.97. The monoisotopic (exact) mass is 463 g/mol. The summed E-state index contributed by atoms with van der Waals surface area (Å²) in [5.41, 5.74) is 9.76. The van der Waals surface area contributed by atoms with Gasteiger partial charge in [-0.15, -0.1) is 0 Å². The number of carbonyl (C=O) groups is 1. The van der Waals surface area contributed by atoms with E-state index >= 15 is 0 Å². The minimum absolute atomic E-state index is 0.279. The molecule has 0 saturated carbocycles. The van der Waals surface area contributed by atoms with E-state index in [1.165, 1.54) is 40.5 Å². The van der Waals surface area contributed by atoms with Crippen molar-refractivity contribution < 1.29 is 14.3 Å². The van der Waals surface area contributed by atoms with Gasteiger partial charge in [-0.05, 0) is 75.5 Å². The van der Waals surface area contributed by atoms with Crippen LogP contribution in [0.25, 0.3) is 38.7 Å². The van der Waals surface area contributed by atoms with Crippen LogP contribution in [0.5, 0.6) is 0 Å². The van der Waals surface area contributed by atoms with Crippen LogP contribution in [0, 0.1) is 0 Å². The van der Waals surface area contributed by atoms with Gasteiger partial charge in [0.2, 0.25) is 0 Å². The predicted molar refractivity (Wildman–Crippen MR) is 136 cm³/mol. The van der Waals surface area contributed by atoms with Crippen molar-refractivity contribution in [1.82, 2.24) is 15.3 Å². The number of hydrogen-bond acceptors (Lipinski definition) is 6. The SMILES string of the molecule is COC(=O)c1ccc(-c2cc3cccc(-c4cc(C5=CCOCC5)cc5c4CNC5)c3cn2)cn1. The van der Waals surface area contributed by atoms with Crippen LogP contribution in [0.2, 0.25) is 0 Å². The molecule has 0 aliphatic carbocycles. The first-order chi connectivity index (χ1) is 17.2. The van der Waals surface area contributed by atoms with E-state index in [2.05, 4.69) is 52.8 Å². The molecule has 0 atom stereocenters. The molecule has 2 aromatic carbocycles. The first-order valence-electron chi connectivity index (χ1n) is 11.8. The number of nitrogens with zero attached hydrogens (tertiary/aromatic N) is 2. The molecular weight excluding hydrogens is 438 g/mol. The third-order valence-corrected chi connectivity index (χ3v) is 6.80. The summed E-state index contributed by atoms with van der Waals surface area (Å²) in [4.78, 5) is 20.7. The van der Waals surface area contributed by atoms with Crippen molar-refractivity contribution in [3.8, 4) is 22.4 Å². The van der Waals surface area contributed by atoms with E-state index in [0.29, 0.717) is 6.61 Å². The minimum Gasteiger partial charge on any atom is -0.464 e. The van der Waals surface area contributed by atoms with Crippen LogP contribution in [0.3, 0.4) is 0 Å². The van der Waals surface area contributed by atoms with E-state index in [-0.39, 0.29) is 5.69 Å². The number of methoxy groups -OCH3 is 1. The Kier molecular flexibility index (Phi) is 5.60. The number of aromatic nitrogens is 2. The Balaban J connectivity index is 1.44. The van der Waals surface area contributed by atoms with Crippen molar-refractivity contribution in [2.75, 3.05) is 20.3 Å². The Hall–Kier alpha value is -3.87. The van der Waals surface area contributed by atoms with Gasteiger partial charge in [-0.25, -0.2) is 9.78 Å². The summed E-state index contributed by atoms with van der Waals surface area (Å²) < 4.78 is 10.3. The molecule has 0 amide bonds. The molecule has 0 spiro atoms. The number of benzene rings is 2. The largest absolute Gasteiger partial charge is 0.464 e. The zero-order valence-corrected chi connectivity index (χ0v) is 19.5. The fourth-order valence-corrected chi connectivity index (χ4v) is 4.97. The first kappa shape index (κ1) is 21.6. The lowest BCUT2D eigenvalue weighted by Crippen LogP contribution is -2.04. The lowest BCUT2D eigenvalue weighted by atomic mass is 9.89. The Morgan fingerprint density at radius 2 is 1.94 bits per heavy atom. The zero-order valence-electron chi connectivity index (χ0n) is 19.5. The van der Waals surface area contributed by atoms with E-state index in [4.69, 9.17) is 14.5 Å². The van der Waals surface area contributed by atoms with E-state index in [1.807, 2.05) is 12.3 Å². The number of rotatable bonds is 4. The van der Waals surface area contributed by atoms with Crippen LogP contribution in [0.15, 0.2) is 67.0 Å². The van der Waals surface area contributed by atoms with Gasteiger partial charge < -0.3 is 14.8 Å². The Bertz CT molecular complexity index is 1480. The van der Waals surface area contributed by atoms with Gasteiger partial charge in [-0.3, -0.25) is 4.98 Å². The molecule has 2 aromatic heterocycles. The van der Waals surface area contributed by atoms with Crippen molar-refractivity contribution in [1.29, 1.82) is 0 Å². The zero-order chi connectivity index (χ0) is 23.8. The molecule has 0 unspecified atom stereocenters. The maximum atomic E-state index is 11.7. The molecule has 174 valence electrons. The standard InChI is InChI=1S/C29H25N3O3/c1-34-29(33)27-6-5-20(15-31-27)28-13-19-3-2-4-23(26(19)17-32-28)24-12-21(18-7-9-35-10-8-18)11-22-14-30-16-25(22)24/h2-7,11-13,15,17,30H,8-10,14,16H2,1H3. The molecule has 1 N–H and O–H groups in total. The highest BCUT2D eigenvalue weighted by atomic mass is 16.5. The third kappa shape index (κ3) is 4.01. The molecular formula is C29H25N3O3. The van der Waals surface area contributed by atoms with E-state index in [1.54, 1.807) is 12.3 Å². The van der Waals surface area contributed by atoms with Gasteiger partial charge in [-0.2, -0.15) is 0 Å². The second kappa shape index (κ2) is 9.06. The van der Waals surface area contributed by atoms with Crippen LogP contribution >= 0.6 is 0 Å². The Labute approximate surface area is 203 Å². The summed E-state index contributed by atoms with van der Waals surface area (Å²) in [6.07, 6.45) is 6.75. The number of ether oxygens (including phenoxy) is 2. The topological polar surface area (TPSA) is 73.3 Å². The quantitative estimate of drug-likeness (QED) is 0.422. The van der Waals surface area contributed by atoms with Crippen molar-refractivity contribution in [3.63, 3.8) is 0 Å². The Morgan fingerprint density at radius 1 is 1.00 bits per heavy atom. The van der Waals surface area contributed by atoms with Gasteiger partial charge in [0.1, 0.15) is 5.69 Å². The molecule has 0 saturated heterocycles. The molecule has 35 heavy (non-hydrogen) atoms. The highest BCUT2D eigenvalue weighted by Crippen LogP contribution is 2.38. The predicted octanol–water partition coefficient (Wildman–Crippen LogP) is 5.16. The van der Waals surface area contributed by atoms with Crippen LogP contribution in [0.4, 0.5) is 0 Å². The average molecular weight is 464 g/mol. The van der Waals surface area contributed by atoms with Crippen LogP contribution in [0.1, 0.15) is 33.6 Å². The number of carbonyl (C=O) groups excluding carboxylic acids is 1. The highest BCUT2D eigenvalue weighted by Gasteiger charge is 2.20. The highest BCUT2D eigenvalue weighted by molar-refractivity contribution is 5.99. The summed E-state index contributed by atoms with van der Waals surface area (Å²) in [5, 5.41) is 5.75. The van der Waals surface area contributed by atoms with Gasteiger partial charge in [0.05, 0.1) is 26.0 Å².